The zero-order valence-electron chi connectivity index (χ0n) is 26.1. The Morgan fingerprint density at radius 3 is 2.22 bits per heavy atom. The van der Waals surface area contributed by atoms with E-state index in [0.29, 0.717) is 25.1 Å². The van der Waals surface area contributed by atoms with Crippen LogP contribution in [0.4, 0.5) is 11.4 Å². The Hall–Kier alpha value is -3.73. The van der Waals surface area contributed by atoms with Gasteiger partial charge in [-0.2, -0.15) is 0 Å². The Bertz CT molecular complexity index is 1540. The molecule has 46 heavy (non-hydrogen) atoms. The summed E-state index contributed by atoms with van der Waals surface area (Å²) >= 11 is 3.74. The Morgan fingerprint density at radius 2 is 1.61 bits per heavy atom. The van der Waals surface area contributed by atoms with E-state index >= 15 is 0 Å². The highest BCUT2D eigenvalue weighted by Gasteiger charge is 2.77. The molecule has 3 fully saturated rings. The van der Waals surface area contributed by atoms with E-state index in [2.05, 4.69) is 45.3 Å². The van der Waals surface area contributed by atoms with Crippen LogP contribution in [0.3, 0.4) is 0 Å². The summed E-state index contributed by atoms with van der Waals surface area (Å²) in [5, 5.41) is 16.8. The molecule has 7 atom stereocenters. The first-order valence-corrected chi connectivity index (χ1v) is 17.0. The van der Waals surface area contributed by atoms with Gasteiger partial charge in [0.1, 0.15) is 11.6 Å². The van der Waals surface area contributed by atoms with Crippen LogP contribution in [0.2, 0.25) is 0 Å². The number of halogens is 1. The van der Waals surface area contributed by atoms with Gasteiger partial charge in [-0.15, -0.1) is 0 Å². The molecule has 3 amide bonds. The number of nitrogens with one attached hydrogen (secondary N) is 2. The van der Waals surface area contributed by atoms with Crippen molar-refractivity contribution in [1.29, 1.82) is 0 Å². The molecule has 3 heterocycles. The third-order valence-electron chi connectivity index (χ3n) is 9.77. The predicted molar refractivity (Wildman–Crippen MR) is 180 cm³/mol. The Kier molecular flexibility index (Phi) is 9.49. The number of amides is 3. The SMILES string of the molecule is CCN(CC)c1ccc(NC(=O)C2N([C@@H](CO)Cc3ccccc3)C(=O)[C@@H]3[C@H](C(=O)NCc4ccccc4)[C@H]4OC23CC4Br)cc1. The van der Waals surface area contributed by atoms with Gasteiger partial charge in [-0.25, -0.2) is 0 Å². The minimum absolute atomic E-state index is 0.227. The number of carbonyl (C=O) groups excluding carboxylic acids is 3. The number of aliphatic hydroxyl groups is 1. The van der Waals surface area contributed by atoms with Gasteiger partial charge >= 0.3 is 0 Å². The minimum Gasteiger partial charge on any atom is -0.394 e. The van der Waals surface area contributed by atoms with Gasteiger partial charge in [0, 0.05) is 35.8 Å². The van der Waals surface area contributed by atoms with Crippen molar-refractivity contribution >= 4 is 45.0 Å². The summed E-state index contributed by atoms with van der Waals surface area (Å²) in [6, 6.07) is 25.1. The van der Waals surface area contributed by atoms with Crippen molar-refractivity contribution in [1.82, 2.24) is 10.2 Å². The number of ether oxygens (including phenoxy) is 1. The lowest BCUT2D eigenvalue weighted by atomic mass is 9.70. The van der Waals surface area contributed by atoms with Crippen LogP contribution in [-0.4, -0.2) is 76.0 Å². The third-order valence-corrected chi connectivity index (χ3v) is 10.6. The van der Waals surface area contributed by atoms with Crippen molar-refractivity contribution in [3.05, 3.63) is 96.1 Å². The molecular weight excluding hydrogens is 648 g/mol. The van der Waals surface area contributed by atoms with Crippen molar-refractivity contribution < 1.29 is 24.2 Å². The average Bonchev–Trinajstić information content (AvgIpc) is 3.68. The molecule has 3 aliphatic heterocycles. The summed E-state index contributed by atoms with van der Waals surface area (Å²) < 4.78 is 6.66. The highest BCUT2D eigenvalue weighted by atomic mass is 79.9. The molecule has 0 aliphatic carbocycles. The van der Waals surface area contributed by atoms with Crippen LogP contribution < -0.4 is 15.5 Å². The van der Waals surface area contributed by atoms with Gasteiger partial charge in [0.15, 0.2) is 0 Å². The zero-order chi connectivity index (χ0) is 32.4. The zero-order valence-corrected chi connectivity index (χ0v) is 27.7. The quantitative estimate of drug-likeness (QED) is 0.247. The second-order valence-corrected chi connectivity index (χ2v) is 13.5. The monoisotopic (exact) mass is 688 g/mol. The van der Waals surface area contributed by atoms with Crippen LogP contribution in [-0.2, 0) is 32.1 Å². The first kappa shape index (κ1) is 32.2. The first-order valence-electron chi connectivity index (χ1n) is 16.1. The molecule has 3 unspecified atom stereocenters. The molecule has 0 saturated carbocycles. The van der Waals surface area contributed by atoms with E-state index in [9.17, 15) is 19.5 Å². The smallest absolute Gasteiger partial charge is 0.250 e. The van der Waals surface area contributed by atoms with Gasteiger partial charge in [0.2, 0.25) is 17.7 Å². The predicted octanol–water partition coefficient (Wildman–Crippen LogP) is 4.14. The second-order valence-electron chi connectivity index (χ2n) is 12.3. The number of carbonyl (C=O) groups is 3. The van der Waals surface area contributed by atoms with E-state index < -0.39 is 41.5 Å². The van der Waals surface area contributed by atoms with Gasteiger partial charge in [0.25, 0.3) is 0 Å². The molecule has 9 nitrogen and oxygen atoms in total. The maximum absolute atomic E-state index is 14.6. The summed E-state index contributed by atoms with van der Waals surface area (Å²) in [6.07, 6.45) is 0.160. The second kappa shape index (κ2) is 13.6. The minimum atomic E-state index is -1.24. The van der Waals surface area contributed by atoms with Crippen molar-refractivity contribution in [3.8, 4) is 0 Å². The van der Waals surface area contributed by atoms with Crippen LogP contribution in [0.15, 0.2) is 84.9 Å². The molecule has 2 bridgehead atoms. The van der Waals surface area contributed by atoms with E-state index in [1.165, 1.54) is 4.90 Å². The molecule has 0 aromatic heterocycles. The number of hydrogen-bond acceptors (Lipinski definition) is 6. The number of alkyl halides is 1. The lowest BCUT2D eigenvalue weighted by molar-refractivity contribution is -0.144. The van der Waals surface area contributed by atoms with Gasteiger partial charge in [-0.1, -0.05) is 76.6 Å². The van der Waals surface area contributed by atoms with Crippen molar-refractivity contribution in [3.63, 3.8) is 0 Å². The number of benzene rings is 3. The lowest BCUT2D eigenvalue weighted by Crippen LogP contribution is -2.57. The Labute approximate surface area is 278 Å². The highest BCUT2D eigenvalue weighted by molar-refractivity contribution is 9.09. The van der Waals surface area contributed by atoms with Crippen LogP contribution in [0, 0.1) is 11.8 Å². The largest absolute Gasteiger partial charge is 0.394 e. The first-order chi connectivity index (χ1) is 22.3. The topological polar surface area (TPSA) is 111 Å². The molecule has 3 saturated heterocycles. The third kappa shape index (κ3) is 5.82. The van der Waals surface area contributed by atoms with Gasteiger partial charge in [-0.05, 0) is 62.1 Å². The van der Waals surface area contributed by atoms with E-state index in [-0.39, 0.29) is 23.2 Å². The van der Waals surface area contributed by atoms with Crippen molar-refractivity contribution in [2.45, 2.75) is 61.8 Å². The van der Waals surface area contributed by atoms with Gasteiger partial charge in [-0.3, -0.25) is 14.4 Å². The van der Waals surface area contributed by atoms with Crippen LogP contribution >= 0.6 is 15.9 Å². The van der Waals surface area contributed by atoms with E-state index in [1.54, 1.807) is 0 Å². The van der Waals surface area contributed by atoms with Crippen LogP contribution in [0.1, 0.15) is 31.4 Å². The van der Waals surface area contributed by atoms with E-state index in [0.717, 1.165) is 29.9 Å². The summed E-state index contributed by atoms with van der Waals surface area (Å²) in [5.74, 6) is -2.68. The Morgan fingerprint density at radius 1 is 0.978 bits per heavy atom. The number of anilines is 2. The van der Waals surface area contributed by atoms with Gasteiger partial charge in [0.05, 0.1) is 30.6 Å². The van der Waals surface area contributed by atoms with Gasteiger partial charge < -0.3 is 30.3 Å². The number of aliphatic hydroxyl groups excluding tert-OH is 1. The van der Waals surface area contributed by atoms with E-state index in [4.69, 9.17) is 4.74 Å². The number of nitrogens with zero attached hydrogens (tertiary/aromatic N) is 2. The summed E-state index contributed by atoms with van der Waals surface area (Å²) in [4.78, 5) is 46.3. The number of rotatable bonds is 12. The molecule has 6 rings (SSSR count). The standard InChI is InChI=1S/C36H41BrN4O5/c1-3-40(4-2)26-17-15-25(16-18-26)39-34(44)32-36-20-28(37)31(46-36)29(33(43)38-21-24-13-9-6-10-14-24)30(36)35(45)41(32)27(22-42)19-23-11-7-5-8-12-23/h5-18,27-32,42H,3-4,19-22H2,1-2H3,(H,38,43)(H,39,44)/t27-,28?,29+,30+,31+,32?,36?/m1/s1. The number of likely N-dealkylation sites (tertiary alicyclic amines) is 1. The number of hydrogen-bond donors (Lipinski definition) is 3. The molecule has 3 N–H and O–H groups in total. The molecule has 10 heteroatoms. The normalized spacial score (nSPS) is 26.9. The van der Waals surface area contributed by atoms with Crippen molar-refractivity contribution in [2.24, 2.45) is 11.8 Å². The molecule has 3 aromatic rings. The van der Waals surface area contributed by atoms with Crippen LogP contribution in [0.25, 0.3) is 0 Å². The molecule has 242 valence electrons. The summed E-state index contributed by atoms with van der Waals surface area (Å²) in [7, 11) is 0. The van der Waals surface area contributed by atoms with Crippen LogP contribution in [0.5, 0.6) is 0 Å². The van der Waals surface area contributed by atoms with Crippen molar-refractivity contribution in [2.75, 3.05) is 29.9 Å². The average molecular weight is 690 g/mol. The fourth-order valence-electron chi connectivity index (χ4n) is 7.65. The highest BCUT2D eigenvalue weighted by Crippen LogP contribution is 2.60. The molecule has 3 aromatic carbocycles. The summed E-state index contributed by atoms with van der Waals surface area (Å²) in [5.41, 5.74) is 2.27. The fourth-order valence-corrected chi connectivity index (χ4v) is 8.60. The van der Waals surface area contributed by atoms with E-state index in [1.807, 2.05) is 84.9 Å². The molecule has 0 radical (unpaired) electrons. The molecule has 3 aliphatic rings. The molecule has 1 spiro atoms. The fraction of sp³-hybridized carbons (Fsp3) is 0.417. The molecular formula is C36H41BrN4O5. The number of fused-ring (bicyclic) bond motifs is 1. The summed E-state index contributed by atoms with van der Waals surface area (Å²) in [6.45, 7) is 5.88. The maximum Gasteiger partial charge on any atom is 0.250 e. The Balaban J connectivity index is 1.33. The maximum atomic E-state index is 14.6. The lowest BCUT2D eigenvalue weighted by Gasteiger charge is -2.37.